The van der Waals surface area contributed by atoms with Crippen molar-refractivity contribution in [3.8, 4) is 0 Å². The molecule has 2 heterocycles. The van der Waals surface area contributed by atoms with Gasteiger partial charge in [0.1, 0.15) is 11.6 Å². The zero-order valence-electron chi connectivity index (χ0n) is 13.6. The van der Waals surface area contributed by atoms with Crippen molar-refractivity contribution in [2.75, 3.05) is 6.54 Å². The van der Waals surface area contributed by atoms with E-state index in [0.29, 0.717) is 18.0 Å². The van der Waals surface area contributed by atoms with Gasteiger partial charge in [-0.25, -0.2) is 0 Å². The summed E-state index contributed by atoms with van der Waals surface area (Å²) in [4.78, 5) is 2.57. The van der Waals surface area contributed by atoms with Gasteiger partial charge in [-0.05, 0) is 52.0 Å². The van der Waals surface area contributed by atoms with Crippen molar-refractivity contribution in [3.05, 3.63) is 11.6 Å². The van der Waals surface area contributed by atoms with Gasteiger partial charge in [0.15, 0.2) is 0 Å². The van der Waals surface area contributed by atoms with Gasteiger partial charge in [0.2, 0.25) is 0 Å². The summed E-state index contributed by atoms with van der Waals surface area (Å²) in [6.07, 6.45) is 9.60. The van der Waals surface area contributed by atoms with Crippen LogP contribution in [0.1, 0.15) is 69.1 Å². The molecule has 3 atom stereocenters. The summed E-state index contributed by atoms with van der Waals surface area (Å²) in [5, 5.41) is 19.2. The van der Waals surface area contributed by atoms with Crippen molar-refractivity contribution in [3.63, 3.8) is 0 Å². The van der Waals surface area contributed by atoms with Crippen LogP contribution in [0.25, 0.3) is 0 Å². The summed E-state index contributed by atoms with van der Waals surface area (Å²) in [5.74, 6) is 2.66. The van der Waals surface area contributed by atoms with Crippen molar-refractivity contribution in [2.24, 2.45) is 5.92 Å². The smallest absolute Gasteiger partial charge is 0.147 e. The molecule has 3 aliphatic rings. The lowest BCUT2D eigenvalue weighted by atomic mass is 9.80. The van der Waals surface area contributed by atoms with Crippen molar-refractivity contribution in [2.45, 2.75) is 83.0 Å². The monoisotopic (exact) mass is 304 g/mol. The Kier molecular flexibility index (Phi) is 3.95. The molecule has 0 bridgehead atoms. The first-order chi connectivity index (χ1) is 10.7. The lowest BCUT2D eigenvalue weighted by Gasteiger charge is -2.37. The minimum Gasteiger partial charge on any atom is -0.393 e. The Labute approximate surface area is 132 Å². The molecule has 1 aliphatic heterocycles. The van der Waals surface area contributed by atoms with Crippen LogP contribution in [-0.4, -0.2) is 43.5 Å². The molecule has 5 nitrogen and oxygen atoms in total. The number of aliphatic hydroxyl groups excluding tert-OH is 1. The molecule has 1 aromatic heterocycles. The van der Waals surface area contributed by atoms with Crippen LogP contribution in [0, 0.1) is 12.8 Å². The SMILES string of the molecule is Cc1nnc(CN2CCC[C@@H]2[C@@H]2CCCC[C@@H]2O)n1C1CC1. The molecule has 0 spiro atoms. The van der Waals surface area contributed by atoms with E-state index in [0.717, 1.165) is 31.2 Å². The Bertz CT molecular complexity index is 525. The van der Waals surface area contributed by atoms with Crippen LogP contribution >= 0.6 is 0 Å². The van der Waals surface area contributed by atoms with Crippen LogP contribution in [-0.2, 0) is 6.54 Å². The van der Waals surface area contributed by atoms with E-state index in [9.17, 15) is 5.11 Å². The average Bonchev–Trinajstić information content (AvgIpc) is 3.13. The van der Waals surface area contributed by atoms with Gasteiger partial charge in [-0.3, -0.25) is 4.90 Å². The normalized spacial score (nSPS) is 33.5. The number of nitrogens with zero attached hydrogens (tertiary/aromatic N) is 4. The first kappa shape index (κ1) is 14.6. The second-order valence-electron chi connectivity index (χ2n) is 7.46. The van der Waals surface area contributed by atoms with E-state index in [1.54, 1.807) is 0 Å². The van der Waals surface area contributed by atoms with Gasteiger partial charge in [-0.15, -0.1) is 10.2 Å². The minimum absolute atomic E-state index is 0.0950. The standard InChI is InChI=1S/C17H28N4O/c1-12-18-19-17(21(12)13-8-9-13)11-20-10-4-6-15(20)14-5-2-3-7-16(14)22/h13-16,22H,2-11H2,1H3/t14-,15+,16-/m0/s1. The highest BCUT2D eigenvalue weighted by Crippen LogP contribution is 2.38. The second kappa shape index (κ2) is 5.93. The van der Waals surface area contributed by atoms with Crippen LogP contribution in [0.15, 0.2) is 0 Å². The zero-order chi connectivity index (χ0) is 15.1. The fourth-order valence-electron chi connectivity index (χ4n) is 4.63. The van der Waals surface area contributed by atoms with E-state index >= 15 is 0 Å². The number of aliphatic hydroxyl groups is 1. The average molecular weight is 304 g/mol. The molecule has 0 amide bonds. The molecule has 0 radical (unpaired) electrons. The first-order valence-corrected chi connectivity index (χ1v) is 9.06. The molecule has 22 heavy (non-hydrogen) atoms. The van der Waals surface area contributed by atoms with Crippen LogP contribution < -0.4 is 0 Å². The Morgan fingerprint density at radius 3 is 2.64 bits per heavy atom. The molecule has 5 heteroatoms. The fraction of sp³-hybridized carbons (Fsp3) is 0.882. The summed E-state index contributed by atoms with van der Waals surface area (Å²) < 4.78 is 2.35. The highest BCUT2D eigenvalue weighted by Gasteiger charge is 2.38. The molecular weight excluding hydrogens is 276 g/mol. The molecule has 2 aliphatic carbocycles. The Balaban J connectivity index is 1.49. The number of hydrogen-bond acceptors (Lipinski definition) is 4. The molecule has 4 rings (SSSR count). The maximum atomic E-state index is 10.4. The lowest BCUT2D eigenvalue weighted by molar-refractivity contribution is 0.0193. The third kappa shape index (κ3) is 2.69. The quantitative estimate of drug-likeness (QED) is 0.928. The summed E-state index contributed by atoms with van der Waals surface area (Å²) in [6.45, 7) is 4.12. The van der Waals surface area contributed by atoms with Crippen molar-refractivity contribution < 1.29 is 5.11 Å². The van der Waals surface area contributed by atoms with E-state index in [1.807, 2.05) is 0 Å². The van der Waals surface area contributed by atoms with Crippen LogP contribution in [0.3, 0.4) is 0 Å². The Hall–Kier alpha value is -0.940. The zero-order valence-corrected chi connectivity index (χ0v) is 13.6. The lowest BCUT2D eigenvalue weighted by Crippen LogP contribution is -2.42. The summed E-state index contributed by atoms with van der Waals surface area (Å²) in [5.41, 5.74) is 0. The molecule has 1 saturated heterocycles. The molecule has 0 unspecified atom stereocenters. The molecule has 122 valence electrons. The summed E-state index contributed by atoms with van der Waals surface area (Å²) in [7, 11) is 0. The topological polar surface area (TPSA) is 54.2 Å². The predicted octanol–water partition coefficient (Wildman–Crippen LogP) is 2.44. The van der Waals surface area contributed by atoms with E-state index < -0.39 is 0 Å². The van der Waals surface area contributed by atoms with Crippen molar-refractivity contribution in [1.29, 1.82) is 0 Å². The van der Waals surface area contributed by atoms with Crippen molar-refractivity contribution in [1.82, 2.24) is 19.7 Å². The largest absolute Gasteiger partial charge is 0.393 e. The van der Waals surface area contributed by atoms with E-state index in [2.05, 4.69) is 26.6 Å². The van der Waals surface area contributed by atoms with Crippen LogP contribution in [0.2, 0.25) is 0 Å². The molecule has 0 aromatic carbocycles. The maximum absolute atomic E-state index is 10.4. The minimum atomic E-state index is -0.0950. The second-order valence-corrected chi connectivity index (χ2v) is 7.46. The third-order valence-corrected chi connectivity index (χ3v) is 5.88. The Morgan fingerprint density at radius 2 is 1.86 bits per heavy atom. The molecule has 1 N–H and O–H groups in total. The predicted molar refractivity (Wildman–Crippen MR) is 84.4 cm³/mol. The summed E-state index contributed by atoms with van der Waals surface area (Å²) >= 11 is 0. The van der Waals surface area contributed by atoms with Gasteiger partial charge in [0.05, 0.1) is 12.6 Å². The Morgan fingerprint density at radius 1 is 1.05 bits per heavy atom. The number of aryl methyl sites for hydroxylation is 1. The van der Waals surface area contributed by atoms with Gasteiger partial charge in [-0.2, -0.15) is 0 Å². The fourth-order valence-corrected chi connectivity index (χ4v) is 4.63. The van der Waals surface area contributed by atoms with E-state index in [1.165, 1.54) is 44.9 Å². The number of likely N-dealkylation sites (tertiary alicyclic amines) is 1. The van der Waals surface area contributed by atoms with Gasteiger partial charge >= 0.3 is 0 Å². The molecule has 2 saturated carbocycles. The molecule has 3 fully saturated rings. The number of aromatic nitrogens is 3. The van der Waals surface area contributed by atoms with E-state index in [-0.39, 0.29) is 6.10 Å². The third-order valence-electron chi connectivity index (χ3n) is 5.88. The number of rotatable bonds is 4. The highest BCUT2D eigenvalue weighted by molar-refractivity contribution is 5.03. The van der Waals surface area contributed by atoms with Crippen molar-refractivity contribution >= 4 is 0 Å². The van der Waals surface area contributed by atoms with Gasteiger partial charge in [-0.1, -0.05) is 12.8 Å². The highest BCUT2D eigenvalue weighted by atomic mass is 16.3. The van der Waals surface area contributed by atoms with E-state index in [4.69, 9.17) is 0 Å². The first-order valence-electron chi connectivity index (χ1n) is 9.06. The van der Waals surface area contributed by atoms with Crippen LogP contribution in [0.4, 0.5) is 0 Å². The maximum Gasteiger partial charge on any atom is 0.147 e. The molecular formula is C17H28N4O. The molecule has 1 aromatic rings. The summed E-state index contributed by atoms with van der Waals surface area (Å²) in [6, 6.07) is 1.19. The van der Waals surface area contributed by atoms with Gasteiger partial charge in [0, 0.05) is 18.0 Å². The van der Waals surface area contributed by atoms with Gasteiger partial charge < -0.3 is 9.67 Å². The number of hydrogen-bond donors (Lipinski definition) is 1. The van der Waals surface area contributed by atoms with Crippen LogP contribution in [0.5, 0.6) is 0 Å². The van der Waals surface area contributed by atoms with Gasteiger partial charge in [0.25, 0.3) is 0 Å².